The van der Waals surface area contributed by atoms with Crippen LogP contribution >= 0.6 is 82.6 Å². The minimum absolute atomic E-state index is 0.357. The average Bonchev–Trinajstić information content (AvgIpc) is 3.65. The van der Waals surface area contributed by atoms with E-state index in [4.69, 9.17) is 34.8 Å². The fourth-order valence-corrected chi connectivity index (χ4v) is 6.49. The lowest BCUT2D eigenvalue weighted by atomic mass is 10.1. The van der Waals surface area contributed by atoms with Crippen LogP contribution in [0.25, 0.3) is 0 Å². The Kier molecular flexibility index (Phi) is 13.5. The van der Waals surface area contributed by atoms with Gasteiger partial charge < -0.3 is 4.74 Å². The summed E-state index contributed by atoms with van der Waals surface area (Å²) >= 11 is 27.6. The van der Waals surface area contributed by atoms with Crippen molar-refractivity contribution in [1.82, 2.24) is 9.97 Å². The minimum atomic E-state index is -0.562. The molecule has 1 atom stereocenters. The molecule has 0 radical (unpaired) electrons. The van der Waals surface area contributed by atoms with E-state index < -0.39 is 11.9 Å². The average molecular weight is 831 g/mol. The Balaban J connectivity index is 0.000000157. The number of aryl methyl sites for hydroxylation is 4. The molecule has 1 N–H and O–H groups in total. The van der Waals surface area contributed by atoms with Crippen LogP contribution in [0.2, 0.25) is 15.5 Å². The summed E-state index contributed by atoms with van der Waals surface area (Å²) in [6, 6.07) is 6.16. The van der Waals surface area contributed by atoms with Crippen LogP contribution in [0.1, 0.15) is 79.7 Å². The summed E-state index contributed by atoms with van der Waals surface area (Å²) in [5.41, 5.74) is 7.19. The van der Waals surface area contributed by atoms with Crippen LogP contribution in [0.5, 0.6) is 0 Å². The van der Waals surface area contributed by atoms with Gasteiger partial charge in [0.05, 0.1) is 8.95 Å². The molecular weight excluding hydrogens is 800 g/mol. The molecule has 3 aromatic heterocycles. The van der Waals surface area contributed by atoms with Crippen molar-refractivity contribution in [2.45, 2.75) is 78.1 Å². The number of fused-ring (bicyclic) bond motifs is 3. The molecule has 13 heteroatoms. The van der Waals surface area contributed by atoms with Crippen LogP contribution in [0, 0.1) is 0 Å². The van der Waals surface area contributed by atoms with Crippen molar-refractivity contribution in [1.29, 1.82) is 0 Å². The molecule has 3 aliphatic carbocycles. The van der Waals surface area contributed by atoms with Crippen molar-refractivity contribution in [2.24, 2.45) is 0 Å². The third-order valence-electron chi connectivity index (χ3n) is 6.78. The predicted octanol–water partition coefficient (Wildman–Crippen LogP) is 8.75. The van der Waals surface area contributed by atoms with E-state index in [1.54, 1.807) is 0 Å². The molecule has 226 valence electrons. The SMILES string of the molecule is CC(=O)OC(C)=O.CC1CCc2cc(Br)c(Cl)nc21.Clc1nc2c(cc1Br)CCC2.O[n+]1c(Cl)c(Br)cc2c1CCC2. The Morgan fingerprint density at radius 1 is 0.833 bits per heavy atom. The molecule has 0 spiro atoms. The smallest absolute Gasteiger partial charge is 0.339 e. The van der Waals surface area contributed by atoms with Gasteiger partial charge in [0.2, 0.25) is 5.69 Å². The lowest BCUT2D eigenvalue weighted by molar-refractivity contribution is -0.908. The van der Waals surface area contributed by atoms with Gasteiger partial charge in [-0.3, -0.25) is 14.8 Å². The van der Waals surface area contributed by atoms with Crippen LogP contribution in [0.4, 0.5) is 0 Å². The molecule has 0 saturated carbocycles. The van der Waals surface area contributed by atoms with E-state index in [-0.39, 0.29) is 0 Å². The summed E-state index contributed by atoms with van der Waals surface area (Å²) in [6.45, 7) is 4.56. The number of aromatic nitrogens is 3. The second-order valence-corrected chi connectivity index (χ2v) is 13.6. The molecule has 0 aromatic carbocycles. The number of carbonyl (C=O) groups is 2. The quantitative estimate of drug-likeness (QED) is 0.0802. The fraction of sp³-hybridized carbons (Fsp3) is 0.414. The third kappa shape index (κ3) is 9.60. The number of ether oxygens (including phenoxy) is 1. The molecule has 3 aromatic rings. The molecule has 0 aliphatic heterocycles. The monoisotopic (exact) mass is 826 g/mol. The number of hydrogen-bond acceptors (Lipinski definition) is 6. The normalized spacial score (nSPS) is 15.5. The van der Waals surface area contributed by atoms with Gasteiger partial charge in [-0.1, -0.05) is 30.1 Å². The highest BCUT2D eigenvalue weighted by molar-refractivity contribution is 9.11. The van der Waals surface area contributed by atoms with Crippen molar-refractivity contribution >= 4 is 94.5 Å². The van der Waals surface area contributed by atoms with Gasteiger partial charge in [0, 0.05) is 42.0 Å². The molecule has 0 bridgehead atoms. The van der Waals surface area contributed by atoms with E-state index >= 15 is 0 Å². The predicted molar refractivity (Wildman–Crippen MR) is 174 cm³/mol. The first-order valence-corrected chi connectivity index (χ1v) is 16.8. The second kappa shape index (κ2) is 16.1. The summed E-state index contributed by atoms with van der Waals surface area (Å²) in [7, 11) is 0. The Morgan fingerprint density at radius 3 is 2.00 bits per heavy atom. The molecule has 7 nitrogen and oxygen atoms in total. The molecule has 1 unspecified atom stereocenters. The topological polar surface area (TPSA) is 93.3 Å². The van der Waals surface area contributed by atoms with E-state index in [0.717, 1.165) is 62.4 Å². The first-order valence-electron chi connectivity index (χ1n) is 13.3. The van der Waals surface area contributed by atoms with Gasteiger partial charge in [-0.15, -0.1) is 0 Å². The molecule has 6 rings (SSSR count). The lowest BCUT2D eigenvalue weighted by Gasteiger charge is -2.04. The van der Waals surface area contributed by atoms with Crippen molar-refractivity contribution in [2.75, 3.05) is 0 Å². The van der Waals surface area contributed by atoms with Crippen molar-refractivity contribution in [3.8, 4) is 0 Å². The van der Waals surface area contributed by atoms with Crippen molar-refractivity contribution < 1.29 is 24.3 Å². The number of rotatable bonds is 0. The highest BCUT2D eigenvalue weighted by atomic mass is 79.9. The van der Waals surface area contributed by atoms with Gasteiger partial charge >= 0.3 is 17.1 Å². The second-order valence-electron chi connectivity index (χ2n) is 9.97. The lowest BCUT2D eigenvalue weighted by Crippen LogP contribution is -2.36. The molecule has 0 fully saturated rings. The van der Waals surface area contributed by atoms with Gasteiger partial charge in [0.15, 0.2) is 0 Å². The van der Waals surface area contributed by atoms with Crippen LogP contribution < -0.4 is 4.73 Å². The molecular formula is C29H30Br3Cl3N3O4+. The van der Waals surface area contributed by atoms with E-state index in [9.17, 15) is 14.8 Å². The van der Waals surface area contributed by atoms with Gasteiger partial charge in [-0.2, -0.15) is 0 Å². The fourth-order valence-electron chi connectivity index (χ4n) is 4.85. The van der Waals surface area contributed by atoms with Crippen LogP contribution in [-0.4, -0.2) is 27.1 Å². The maximum absolute atomic E-state index is 9.81. The molecule has 0 saturated heterocycles. The molecule has 42 heavy (non-hydrogen) atoms. The first-order chi connectivity index (χ1) is 19.8. The summed E-state index contributed by atoms with van der Waals surface area (Å²) in [5, 5.41) is 11.1. The number of halogens is 6. The molecule has 3 heterocycles. The Bertz CT molecular complexity index is 1450. The summed E-state index contributed by atoms with van der Waals surface area (Å²) < 4.78 is 7.64. The van der Waals surface area contributed by atoms with Crippen LogP contribution in [-0.2, 0) is 46.4 Å². The van der Waals surface area contributed by atoms with Gasteiger partial charge in [0.1, 0.15) is 14.8 Å². The zero-order chi connectivity index (χ0) is 31.1. The van der Waals surface area contributed by atoms with E-state index in [2.05, 4.69) is 81.6 Å². The van der Waals surface area contributed by atoms with Crippen molar-refractivity contribution in [3.05, 3.63) is 80.8 Å². The zero-order valence-corrected chi connectivity index (χ0v) is 30.3. The minimum Gasteiger partial charge on any atom is -0.394 e. The number of esters is 2. The number of carbonyl (C=O) groups excluding carboxylic acids is 2. The van der Waals surface area contributed by atoms with Gasteiger partial charge in [0.25, 0.3) is 0 Å². The maximum Gasteiger partial charge on any atom is 0.339 e. The Morgan fingerprint density at radius 2 is 1.38 bits per heavy atom. The van der Waals surface area contributed by atoms with Gasteiger partial charge in [-0.05, 0) is 140 Å². The summed E-state index contributed by atoms with van der Waals surface area (Å²) in [5.74, 6) is -0.550. The highest BCUT2D eigenvalue weighted by Gasteiger charge is 2.27. The highest BCUT2D eigenvalue weighted by Crippen LogP contribution is 2.35. The Hall–Kier alpha value is -1.30. The van der Waals surface area contributed by atoms with E-state index in [1.807, 2.05) is 6.07 Å². The maximum atomic E-state index is 9.81. The largest absolute Gasteiger partial charge is 0.394 e. The van der Waals surface area contributed by atoms with Crippen LogP contribution in [0.3, 0.4) is 0 Å². The Labute approximate surface area is 285 Å². The summed E-state index contributed by atoms with van der Waals surface area (Å²) in [4.78, 5) is 28.2. The molecule has 0 amide bonds. The number of pyridine rings is 3. The standard InChI is InChI=1S/C9H9BrClN.C8H8BrClNO.C8H7BrClN.C4H6O3/c1-5-2-3-6-4-7(10)9(11)12-8(5)6;9-6-4-5-2-1-3-7(5)11(12)8(6)10;9-6-4-5-2-1-3-7(5)11-8(6)10;1-3(5)7-4(2)6/h4-5H,2-3H2,1H3;4,12H,1-3H2;4H,1-3H2;1-2H3/q;+1;;. The number of nitrogens with zero attached hydrogens (tertiary/aromatic N) is 3. The summed E-state index contributed by atoms with van der Waals surface area (Å²) in [6.07, 6.45) is 8.84. The van der Waals surface area contributed by atoms with E-state index in [1.165, 1.54) is 54.8 Å². The first kappa shape index (κ1) is 35.2. The zero-order valence-electron chi connectivity index (χ0n) is 23.2. The molecule has 3 aliphatic rings. The van der Waals surface area contributed by atoms with Crippen LogP contribution in [0.15, 0.2) is 31.6 Å². The van der Waals surface area contributed by atoms with Crippen molar-refractivity contribution in [3.63, 3.8) is 0 Å². The number of hydrogen-bond donors (Lipinski definition) is 1. The third-order valence-corrected chi connectivity index (χ3v) is 10.2. The van der Waals surface area contributed by atoms with E-state index in [0.29, 0.717) is 21.4 Å². The van der Waals surface area contributed by atoms with Gasteiger partial charge in [-0.25, -0.2) is 9.97 Å².